The van der Waals surface area contributed by atoms with Crippen molar-refractivity contribution in [3.8, 4) is 0 Å². The Balaban J connectivity index is 3.24. The third-order valence-corrected chi connectivity index (χ3v) is 4.26. The molecule has 2 N–H and O–H groups in total. The smallest absolute Gasteiger partial charge is 0.256 e. The number of nitrogens with two attached hydrogens (primary N) is 1. The molecule has 0 aliphatic rings. The van der Waals surface area contributed by atoms with Crippen molar-refractivity contribution in [1.82, 2.24) is 4.98 Å². The number of alkyl halides is 3. The number of rotatable bonds is 4. The summed E-state index contributed by atoms with van der Waals surface area (Å²) in [5, 5.41) is 5.07. The van der Waals surface area contributed by atoms with Crippen LogP contribution >= 0.6 is 11.6 Å². The van der Waals surface area contributed by atoms with Crippen LogP contribution < -0.4 is 5.14 Å². The van der Waals surface area contributed by atoms with E-state index >= 15 is 0 Å². The van der Waals surface area contributed by atoms with E-state index < -0.39 is 45.8 Å². The molecule has 0 aliphatic heterocycles. The number of aromatic nitrogens is 1. The van der Waals surface area contributed by atoms with Gasteiger partial charge in [0.2, 0.25) is 0 Å². The van der Waals surface area contributed by atoms with Crippen LogP contribution in [-0.2, 0) is 11.0 Å². The van der Waals surface area contributed by atoms with Gasteiger partial charge in [0.25, 0.3) is 0 Å². The normalized spacial score (nSPS) is 16.0. The molecule has 0 radical (unpaired) electrons. The van der Waals surface area contributed by atoms with E-state index in [-0.39, 0.29) is 5.02 Å². The second kappa shape index (κ2) is 5.95. The van der Waals surface area contributed by atoms with Crippen LogP contribution in [-0.4, -0.2) is 20.1 Å². The fourth-order valence-electron chi connectivity index (χ4n) is 1.62. The first-order valence-corrected chi connectivity index (χ1v) is 7.08. The summed E-state index contributed by atoms with van der Waals surface area (Å²) >= 11 is 5.47. The Bertz CT molecular complexity index is 522. The Morgan fingerprint density at radius 3 is 2.40 bits per heavy atom. The van der Waals surface area contributed by atoms with Gasteiger partial charge in [-0.2, -0.15) is 13.2 Å². The zero-order valence-corrected chi connectivity index (χ0v) is 12.2. The van der Waals surface area contributed by atoms with Crippen molar-refractivity contribution in [2.24, 2.45) is 5.14 Å². The molecule has 0 aromatic carbocycles. The molecule has 0 spiro atoms. The minimum Gasteiger partial charge on any atom is -0.256 e. The van der Waals surface area contributed by atoms with Crippen molar-refractivity contribution in [1.29, 1.82) is 0 Å². The van der Waals surface area contributed by atoms with E-state index in [0.29, 0.717) is 0 Å². The van der Waals surface area contributed by atoms with Gasteiger partial charge in [0.05, 0.1) is 26.4 Å². The summed E-state index contributed by atoms with van der Waals surface area (Å²) < 4.78 is 62.9. The largest absolute Gasteiger partial charge is 0.397 e. The molecule has 9 heteroatoms. The van der Waals surface area contributed by atoms with Crippen molar-refractivity contribution in [3.05, 3.63) is 28.8 Å². The summed E-state index contributed by atoms with van der Waals surface area (Å²) in [6.45, 7) is 2.63. The number of hydrogen-bond acceptors (Lipinski definition) is 2. The third-order valence-electron chi connectivity index (χ3n) is 2.80. The Morgan fingerprint density at radius 2 is 2.00 bits per heavy atom. The van der Waals surface area contributed by atoms with Crippen LogP contribution in [0.2, 0.25) is 5.02 Å². The Hall–Kier alpha value is -0.730. The zero-order chi connectivity index (χ0) is 15.7. The minimum atomic E-state index is -4.74. The molecule has 20 heavy (non-hydrogen) atoms. The molecule has 1 aromatic rings. The number of nitrogens with zero attached hydrogens (tertiary/aromatic N) is 1. The Labute approximate surface area is 121 Å². The summed E-state index contributed by atoms with van der Waals surface area (Å²) in [4.78, 5) is 3.42. The topological polar surface area (TPSA) is 56.0 Å². The van der Waals surface area contributed by atoms with Crippen LogP contribution in [0.1, 0.15) is 31.9 Å². The van der Waals surface area contributed by atoms with E-state index in [9.17, 15) is 21.8 Å². The molecule has 0 amide bonds. The van der Waals surface area contributed by atoms with Crippen molar-refractivity contribution in [2.45, 2.75) is 37.1 Å². The molecule has 1 heterocycles. The molecule has 114 valence electrons. The van der Waals surface area contributed by atoms with E-state index in [1.807, 2.05) is 0 Å². The number of pyridine rings is 1. The zero-order valence-electron chi connectivity index (χ0n) is 10.7. The average molecular weight is 333 g/mol. The summed E-state index contributed by atoms with van der Waals surface area (Å²) in [6.07, 6.45) is -4.45. The number of hydrogen-bond donors (Lipinski definition) is 1. The second-order valence-electron chi connectivity index (χ2n) is 4.88. The summed E-state index contributed by atoms with van der Waals surface area (Å²) in [6, 6.07) is 0.759. The summed E-state index contributed by atoms with van der Waals surface area (Å²) in [7, 11) is -1.99. The van der Waals surface area contributed by atoms with Gasteiger partial charge in [-0.3, -0.25) is 10.1 Å². The van der Waals surface area contributed by atoms with Crippen LogP contribution in [0.5, 0.6) is 0 Å². The number of halogens is 5. The lowest BCUT2D eigenvalue weighted by atomic mass is 9.92. The SMILES string of the molecule is CC(C)(C[C@H](c1ncc(Cl)cc1F)C(F)(F)F)S(N)=O. The van der Waals surface area contributed by atoms with Gasteiger partial charge in [-0.1, -0.05) is 11.6 Å². The first kappa shape index (κ1) is 17.3. The molecule has 3 nitrogen and oxygen atoms in total. The first-order valence-electron chi connectivity index (χ1n) is 5.49. The Morgan fingerprint density at radius 1 is 1.45 bits per heavy atom. The maximum atomic E-state index is 13.7. The standard InChI is InChI=1S/C11H13ClF4N2OS/c1-10(2,20(17)19)4-7(11(14,15)16)9-8(13)3-6(12)5-18-9/h3,5,7H,4,17H2,1-2H3/t7-,20?/m1/s1. The highest BCUT2D eigenvalue weighted by molar-refractivity contribution is 7.84. The van der Waals surface area contributed by atoms with E-state index in [2.05, 4.69) is 4.98 Å². The lowest BCUT2D eigenvalue weighted by Crippen LogP contribution is -2.37. The van der Waals surface area contributed by atoms with E-state index in [1.165, 1.54) is 13.8 Å². The van der Waals surface area contributed by atoms with E-state index in [0.717, 1.165) is 12.3 Å². The predicted molar refractivity (Wildman–Crippen MR) is 69.0 cm³/mol. The molecule has 0 saturated carbocycles. The first-order chi connectivity index (χ1) is 8.95. The molecule has 0 aliphatic carbocycles. The molecule has 1 rings (SSSR count). The quantitative estimate of drug-likeness (QED) is 0.860. The monoisotopic (exact) mass is 332 g/mol. The van der Waals surface area contributed by atoms with Gasteiger partial charge < -0.3 is 0 Å². The van der Waals surface area contributed by atoms with E-state index in [1.54, 1.807) is 0 Å². The highest BCUT2D eigenvalue weighted by atomic mass is 35.5. The van der Waals surface area contributed by atoms with Crippen molar-refractivity contribution >= 4 is 22.6 Å². The van der Waals surface area contributed by atoms with Gasteiger partial charge in [0.1, 0.15) is 11.7 Å². The maximum absolute atomic E-state index is 13.7. The van der Waals surface area contributed by atoms with E-state index in [4.69, 9.17) is 16.7 Å². The van der Waals surface area contributed by atoms with Crippen LogP contribution in [0.15, 0.2) is 12.3 Å². The molecule has 0 fully saturated rings. The molecule has 1 aromatic heterocycles. The van der Waals surface area contributed by atoms with Crippen LogP contribution in [0.3, 0.4) is 0 Å². The second-order valence-corrected chi connectivity index (χ2v) is 7.01. The maximum Gasteiger partial charge on any atom is 0.397 e. The predicted octanol–water partition coefficient (Wildman–Crippen LogP) is 3.31. The van der Waals surface area contributed by atoms with Gasteiger partial charge in [-0.05, 0) is 26.3 Å². The summed E-state index contributed by atoms with van der Waals surface area (Å²) in [5.41, 5.74) is -0.777. The third kappa shape index (κ3) is 4.13. The molecule has 1 unspecified atom stereocenters. The van der Waals surface area contributed by atoms with Gasteiger partial charge in [0.15, 0.2) is 0 Å². The molecular formula is C11H13ClF4N2OS. The van der Waals surface area contributed by atoms with Crippen molar-refractivity contribution in [2.75, 3.05) is 0 Å². The lowest BCUT2D eigenvalue weighted by Gasteiger charge is -2.28. The summed E-state index contributed by atoms with van der Waals surface area (Å²) in [5.74, 6) is -3.36. The highest BCUT2D eigenvalue weighted by Crippen LogP contribution is 2.41. The Kier molecular flexibility index (Phi) is 5.15. The van der Waals surface area contributed by atoms with Crippen LogP contribution in [0.25, 0.3) is 0 Å². The minimum absolute atomic E-state index is 0.103. The average Bonchev–Trinajstić information content (AvgIpc) is 2.25. The van der Waals surface area contributed by atoms with Gasteiger partial charge in [-0.25, -0.2) is 8.60 Å². The van der Waals surface area contributed by atoms with Crippen LogP contribution in [0, 0.1) is 5.82 Å². The van der Waals surface area contributed by atoms with Gasteiger partial charge in [-0.15, -0.1) is 0 Å². The molecule has 0 saturated heterocycles. The van der Waals surface area contributed by atoms with Gasteiger partial charge in [0, 0.05) is 6.20 Å². The molecule has 2 atom stereocenters. The fraction of sp³-hybridized carbons (Fsp3) is 0.545. The van der Waals surface area contributed by atoms with Crippen molar-refractivity contribution < 1.29 is 21.8 Å². The fourth-order valence-corrected chi connectivity index (χ4v) is 2.10. The van der Waals surface area contributed by atoms with Crippen molar-refractivity contribution in [3.63, 3.8) is 0 Å². The van der Waals surface area contributed by atoms with Crippen LogP contribution in [0.4, 0.5) is 17.6 Å². The highest BCUT2D eigenvalue weighted by Gasteiger charge is 2.46. The molecular weight excluding hydrogens is 320 g/mol. The lowest BCUT2D eigenvalue weighted by molar-refractivity contribution is -0.154. The van der Waals surface area contributed by atoms with Gasteiger partial charge >= 0.3 is 6.18 Å². The molecule has 0 bridgehead atoms.